The highest BCUT2D eigenvalue weighted by molar-refractivity contribution is 7.80. The molecule has 1 aliphatic heterocycles. The number of aliphatic carboxylic acids is 1. The molecule has 1 aliphatic rings. The number of nitrogens with two attached hydrogens (primary N) is 1. The Kier molecular flexibility index (Phi) is 8.85. The fraction of sp³-hybridized carbons (Fsp3) is 0.643. The van der Waals surface area contributed by atoms with E-state index in [9.17, 15) is 24.0 Å². The van der Waals surface area contributed by atoms with Gasteiger partial charge >= 0.3 is 5.97 Å². The number of carbonyl (C=O) groups excluding carboxylic acids is 4. The Morgan fingerprint density at radius 1 is 1.19 bits per heavy atom. The van der Waals surface area contributed by atoms with Crippen LogP contribution in [0, 0.1) is 0 Å². The number of thiol groups is 1. The summed E-state index contributed by atoms with van der Waals surface area (Å²) < 4.78 is 0. The Balaban J connectivity index is 2.56. The summed E-state index contributed by atoms with van der Waals surface area (Å²) in [6.07, 6.45) is 1.00. The summed E-state index contributed by atoms with van der Waals surface area (Å²) in [5.41, 5.74) is 5.09. The van der Waals surface area contributed by atoms with Crippen LogP contribution in [-0.4, -0.2) is 71.7 Å². The first kappa shape index (κ1) is 21.7. The molecule has 4 amide bonds. The van der Waals surface area contributed by atoms with Gasteiger partial charge in [0.1, 0.15) is 12.1 Å². The van der Waals surface area contributed by atoms with Crippen molar-refractivity contribution in [1.82, 2.24) is 21.3 Å². The summed E-state index contributed by atoms with van der Waals surface area (Å²) in [7, 11) is 0. The van der Waals surface area contributed by atoms with Crippen molar-refractivity contribution in [2.75, 3.05) is 18.8 Å². The van der Waals surface area contributed by atoms with Crippen LogP contribution in [0.2, 0.25) is 0 Å². The fourth-order valence-corrected chi connectivity index (χ4v) is 2.56. The minimum Gasteiger partial charge on any atom is -0.480 e. The van der Waals surface area contributed by atoms with Crippen molar-refractivity contribution in [2.24, 2.45) is 5.73 Å². The van der Waals surface area contributed by atoms with E-state index in [0.29, 0.717) is 13.0 Å². The van der Waals surface area contributed by atoms with E-state index in [2.05, 4.69) is 33.9 Å². The van der Waals surface area contributed by atoms with E-state index in [1.165, 1.54) is 0 Å². The smallest absolute Gasteiger partial charge is 0.327 e. The molecule has 1 saturated heterocycles. The quantitative estimate of drug-likeness (QED) is 0.191. The van der Waals surface area contributed by atoms with Gasteiger partial charge in [-0.15, -0.1) is 0 Å². The van der Waals surface area contributed by atoms with Gasteiger partial charge in [-0.1, -0.05) is 0 Å². The van der Waals surface area contributed by atoms with Crippen LogP contribution >= 0.6 is 12.6 Å². The van der Waals surface area contributed by atoms with Gasteiger partial charge in [0, 0.05) is 5.75 Å². The molecule has 12 heteroatoms. The molecule has 0 aliphatic carbocycles. The molecule has 0 aromatic rings. The minimum absolute atomic E-state index is 0.121. The maximum Gasteiger partial charge on any atom is 0.327 e. The van der Waals surface area contributed by atoms with Crippen molar-refractivity contribution in [3.8, 4) is 0 Å². The first-order chi connectivity index (χ1) is 12.2. The lowest BCUT2D eigenvalue weighted by Crippen LogP contribution is -2.54. The van der Waals surface area contributed by atoms with E-state index >= 15 is 0 Å². The van der Waals surface area contributed by atoms with Crippen LogP contribution in [0.25, 0.3) is 0 Å². The lowest BCUT2D eigenvalue weighted by atomic mass is 10.1. The molecular weight excluding hydrogens is 366 g/mol. The summed E-state index contributed by atoms with van der Waals surface area (Å²) in [5.74, 6) is -4.14. The van der Waals surface area contributed by atoms with E-state index < -0.39 is 60.7 Å². The number of primary amides is 1. The van der Waals surface area contributed by atoms with Gasteiger partial charge in [-0.25, -0.2) is 4.79 Å². The van der Waals surface area contributed by atoms with E-state index in [1.807, 2.05) is 0 Å². The highest BCUT2D eigenvalue weighted by atomic mass is 32.1. The van der Waals surface area contributed by atoms with Crippen molar-refractivity contribution in [2.45, 2.75) is 37.4 Å². The predicted molar refractivity (Wildman–Crippen MR) is 93.2 cm³/mol. The summed E-state index contributed by atoms with van der Waals surface area (Å²) in [5, 5.41) is 18.6. The number of nitrogens with one attached hydrogen (secondary N) is 4. The van der Waals surface area contributed by atoms with Crippen LogP contribution in [0.15, 0.2) is 0 Å². The third kappa shape index (κ3) is 7.27. The zero-order chi connectivity index (χ0) is 19.7. The molecule has 1 fully saturated rings. The average molecular weight is 389 g/mol. The van der Waals surface area contributed by atoms with Gasteiger partial charge in [-0.2, -0.15) is 12.6 Å². The minimum atomic E-state index is -1.26. The van der Waals surface area contributed by atoms with Crippen LogP contribution in [0.1, 0.15) is 19.3 Å². The lowest BCUT2D eigenvalue weighted by Gasteiger charge is -2.20. The molecule has 3 unspecified atom stereocenters. The molecule has 0 spiro atoms. The first-order valence-corrected chi connectivity index (χ1v) is 8.60. The molecule has 0 aromatic carbocycles. The molecule has 1 heterocycles. The number of amides is 4. The van der Waals surface area contributed by atoms with Gasteiger partial charge in [0.15, 0.2) is 0 Å². The lowest BCUT2D eigenvalue weighted by molar-refractivity contribution is -0.141. The van der Waals surface area contributed by atoms with E-state index in [0.717, 1.165) is 6.42 Å². The van der Waals surface area contributed by atoms with Gasteiger partial charge in [-0.05, 0) is 19.4 Å². The average Bonchev–Trinajstić information content (AvgIpc) is 3.10. The zero-order valence-electron chi connectivity index (χ0n) is 14.0. The maximum atomic E-state index is 12.2. The second-order valence-electron chi connectivity index (χ2n) is 5.74. The SMILES string of the molecule is NC(=O)CC(NC(=O)C1CCCN1)C(=O)NCC(=O)NC(CS)C(=O)O. The van der Waals surface area contributed by atoms with Crippen molar-refractivity contribution >= 4 is 42.2 Å². The molecular formula is C14H23N5O6S. The third-order valence-electron chi connectivity index (χ3n) is 3.65. The maximum absolute atomic E-state index is 12.2. The summed E-state index contributed by atoms with van der Waals surface area (Å²) in [4.78, 5) is 57.9. The van der Waals surface area contributed by atoms with Crippen LogP contribution in [-0.2, 0) is 24.0 Å². The van der Waals surface area contributed by atoms with Crippen molar-refractivity contribution in [1.29, 1.82) is 0 Å². The van der Waals surface area contributed by atoms with Gasteiger partial charge in [-0.3, -0.25) is 19.2 Å². The topological polar surface area (TPSA) is 180 Å². The molecule has 0 radical (unpaired) electrons. The number of carboxylic acids is 1. The Labute approximate surface area is 155 Å². The largest absolute Gasteiger partial charge is 0.480 e. The highest BCUT2D eigenvalue weighted by Gasteiger charge is 2.28. The summed E-state index contributed by atoms with van der Waals surface area (Å²) in [6.45, 7) is 0.157. The molecule has 146 valence electrons. The molecule has 0 bridgehead atoms. The van der Waals surface area contributed by atoms with Crippen LogP contribution in [0.4, 0.5) is 0 Å². The Bertz CT molecular complexity index is 566. The van der Waals surface area contributed by atoms with E-state index in [1.54, 1.807) is 0 Å². The van der Waals surface area contributed by atoms with Gasteiger partial charge in [0.05, 0.1) is 19.0 Å². The summed E-state index contributed by atoms with van der Waals surface area (Å²) in [6, 6.07) is -2.87. The standard InChI is InChI=1S/C14H23N5O6S/c15-10(20)4-8(19-13(23)7-2-1-3-16-7)12(22)17-5-11(21)18-9(6-26)14(24)25/h7-9,16,26H,1-6H2,(H2,15,20)(H,17,22)(H,18,21)(H,19,23)(H,24,25). The first-order valence-electron chi connectivity index (χ1n) is 7.97. The Morgan fingerprint density at radius 2 is 1.88 bits per heavy atom. The molecule has 3 atom stereocenters. The molecule has 11 nitrogen and oxygen atoms in total. The number of hydrogen-bond donors (Lipinski definition) is 7. The van der Waals surface area contributed by atoms with Crippen LogP contribution < -0.4 is 27.0 Å². The van der Waals surface area contributed by atoms with Crippen molar-refractivity contribution < 1.29 is 29.1 Å². The normalized spacial score (nSPS) is 18.4. The third-order valence-corrected chi connectivity index (χ3v) is 4.02. The number of hydrogen-bond acceptors (Lipinski definition) is 7. The zero-order valence-corrected chi connectivity index (χ0v) is 14.9. The number of carboxylic acid groups (broad SMARTS) is 1. The fourth-order valence-electron chi connectivity index (χ4n) is 2.31. The monoisotopic (exact) mass is 389 g/mol. The van der Waals surface area contributed by atoms with Gasteiger partial charge in [0.2, 0.25) is 23.6 Å². The molecule has 0 saturated carbocycles. The molecule has 0 aromatic heterocycles. The Morgan fingerprint density at radius 3 is 2.38 bits per heavy atom. The number of carbonyl (C=O) groups is 5. The van der Waals surface area contributed by atoms with Crippen molar-refractivity contribution in [3.63, 3.8) is 0 Å². The second-order valence-corrected chi connectivity index (χ2v) is 6.10. The predicted octanol–water partition coefficient (Wildman–Crippen LogP) is -3.29. The van der Waals surface area contributed by atoms with E-state index in [4.69, 9.17) is 10.8 Å². The number of rotatable bonds is 10. The molecule has 1 rings (SSSR count). The van der Waals surface area contributed by atoms with Gasteiger partial charge < -0.3 is 32.1 Å². The summed E-state index contributed by atoms with van der Waals surface area (Å²) >= 11 is 3.80. The molecule has 26 heavy (non-hydrogen) atoms. The van der Waals surface area contributed by atoms with Crippen LogP contribution in [0.5, 0.6) is 0 Å². The van der Waals surface area contributed by atoms with Gasteiger partial charge in [0.25, 0.3) is 0 Å². The highest BCUT2D eigenvalue weighted by Crippen LogP contribution is 2.05. The Hall–Kier alpha value is -2.34. The molecule has 7 N–H and O–H groups in total. The van der Waals surface area contributed by atoms with Crippen molar-refractivity contribution in [3.05, 3.63) is 0 Å². The second kappa shape index (κ2) is 10.6. The van der Waals surface area contributed by atoms with E-state index in [-0.39, 0.29) is 5.75 Å². The van der Waals surface area contributed by atoms with Crippen LogP contribution in [0.3, 0.4) is 0 Å².